The molecule has 1 amide bonds. The van der Waals surface area contributed by atoms with Crippen molar-refractivity contribution in [3.05, 3.63) is 69.2 Å². The largest absolute Gasteiger partial charge is 0.348 e. The van der Waals surface area contributed by atoms with E-state index in [1.54, 1.807) is 18.2 Å². The van der Waals surface area contributed by atoms with Gasteiger partial charge < -0.3 is 5.32 Å². The number of nitrogens with one attached hydrogen (secondary N) is 1. The van der Waals surface area contributed by atoms with Crippen LogP contribution in [-0.2, 0) is 12.4 Å². The lowest BCUT2D eigenvalue weighted by Gasteiger charge is -2.08. The molecule has 2 rings (SSSR count). The van der Waals surface area contributed by atoms with Gasteiger partial charge in [-0.3, -0.25) is 4.79 Å². The van der Waals surface area contributed by atoms with Gasteiger partial charge in [-0.05, 0) is 29.3 Å². The van der Waals surface area contributed by atoms with Crippen LogP contribution >= 0.6 is 34.8 Å². The van der Waals surface area contributed by atoms with Crippen LogP contribution in [0.1, 0.15) is 21.5 Å². The fraction of sp³-hybridized carbons (Fsp3) is 0.133. The van der Waals surface area contributed by atoms with E-state index in [2.05, 4.69) is 5.32 Å². The molecule has 0 radical (unpaired) electrons. The van der Waals surface area contributed by atoms with E-state index in [-0.39, 0.29) is 5.91 Å². The number of rotatable bonds is 4. The first-order chi connectivity index (χ1) is 9.60. The summed E-state index contributed by atoms with van der Waals surface area (Å²) in [5.41, 5.74) is 2.36. The van der Waals surface area contributed by atoms with Crippen LogP contribution in [0, 0.1) is 0 Å². The van der Waals surface area contributed by atoms with E-state index in [1.165, 1.54) is 0 Å². The van der Waals surface area contributed by atoms with E-state index >= 15 is 0 Å². The Bertz CT molecular complexity index is 628. The topological polar surface area (TPSA) is 29.1 Å². The van der Waals surface area contributed by atoms with Crippen LogP contribution in [0.2, 0.25) is 10.0 Å². The van der Waals surface area contributed by atoms with Gasteiger partial charge >= 0.3 is 0 Å². The standard InChI is InChI=1S/C15H12Cl3NO/c16-8-10-2-1-3-11(6-10)9-19-15(20)13-7-12(17)4-5-14(13)18/h1-7H,8-9H2,(H,19,20). The molecule has 20 heavy (non-hydrogen) atoms. The van der Waals surface area contributed by atoms with Crippen molar-refractivity contribution in [3.8, 4) is 0 Å². The predicted octanol–water partition coefficient (Wildman–Crippen LogP) is 4.66. The van der Waals surface area contributed by atoms with Crippen LogP contribution in [0.25, 0.3) is 0 Å². The molecule has 0 saturated carbocycles. The van der Waals surface area contributed by atoms with Gasteiger partial charge in [0.2, 0.25) is 0 Å². The SMILES string of the molecule is O=C(NCc1cccc(CCl)c1)c1cc(Cl)ccc1Cl. The fourth-order valence-electron chi connectivity index (χ4n) is 1.77. The van der Waals surface area contributed by atoms with Crippen molar-refractivity contribution in [3.63, 3.8) is 0 Å². The van der Waals surface area contributed by atoms with E-state index in [0.717, 1.165) is 11.1 Å². The third kappa shape index (κ3) is 3.89. The smallest absolute Gasteiger partial charge is 0.253 e. The number of halogens is 3. The predicted molar refractivity (Wildman–Crippen MR) is 83.6 cm³/mol. The minimum Gasteiger partial charge on any atom is -0.348 e. The van der Waals surface area contributed by atoms with Crippen LogP contribution in [-0.4, -0.2) is 5.91 Å². The third-order valence-electron chi connectivity index (χ3n) is 2.77. The molecule has 0 fully saturated rings. The van der Waals surface area contributed by atoms with Gasteiger partial charge in [0.1, 0.15) is 0 Å². The molecule has 0 aromatic heterocycles. The molecular formula is C15H12Cl3NO. The number of hydrogen-bond acceptors (Lipinski definition) is 1. The van der Waals surface area contributed by atoms with Gasteiger partial charge in [0, 0.05) is 17.4 Å². The monoisotopic (exact) mass is 327 g/mol. The van der Waals surface area contributed by atoms with Gasteiger partial charge in [0.25, 0.3) is 5.91 Å². The maximum Gasteiger partial charge on any atom is 0.253 e. The molecule has 2 aromatic rings. The highest BCUT2D eigenvalue weighted by molar-refractivity contribution is 6.35. The third-order valence-corrected chi connectivity index (χ3v) is 3.65. The highest BCUT2D eigenvalue weighted by Crippen LogP contribution is 2.20. The molecule has 0 aliphatic carbocycles. The molecule has 2 nitrogen and oxygen atoms in total. The number of amides is 1. The fourth-order valence-corrected chi connectivity index (χ4v) is 2.31. The molecule has 0 saturated heterocycles. The summed E-state index contributed by atoms with van der Waals surface area (Å²) in [6, 6.07) is 12.5. The molecule has 104 valence electrons. The van der Waals surface area contributed by atoms with Gasteiger partial charge in [0.15, 0.2) is 0 Å². The Balaban J connectivity index is 2.06. The minimum atomic E-state index is -0.256. The molecule has 0 bridgehead atoms. The van der Waals surface area contributed by atoms with Gasteiger partial charge in [-0.1, -0.05) is 47.5 Å². The lowest BCUT2D eigenvalue weighted by Crippen LogP contribution is -2.23. The Labute approximate surface area is 132 Å². The molecule has 0 heterocycles. The maximum absolute atomic E-state index is 12.1. The number of alkyl halides is 1. The molecule has 0 aliphatic heterocycles. The Morgan fingerprint density at radius 2 is 1.80 bits per heavy atom. The zero-order chi connectivity index (χ0) is 14.5. The van der Waals surface area contributed by atoms with Crippen molar-refractivity contribution in [2.45, 2.75) is 12.4 Å². The van der Waals surface area contributed by atoms with Gasteiger partial charge in [-0.15, -0.1) is 11.6 Å². The lowest BCUT2D eigenvalue weighted by atomic mass is 10.1. The second-order valence-corrected chi connectivity index (χ2v) is 5.37. The number of carbonyl (C=O) groups excluding carboxylic acids is 1. The molecule has 2 aromatic carbocycles. The summed E-state index contributed by atoms with van der Waals surface area (Å²) in [6.07, 6.45) is 0. The van der Waals surface area contributed by atoms with Crippen LogP contribution < -0.4 is 5.32 Å². The van der Waals surface area contributed by atoms with E-state index in [9.17, 15) is 4.79 Å². The van der Waals surface area contributed by atoms with Crippen molar-refractivity contribution in [1.29, 1.82) is 0 Å². The van der Waals surface area contributed by atoms with Crippen LogP contribution in [0.3, 0.4) is 0 Å². The Kier molecular flexibility index (Phi) is 5.30. The van der Waals surface area contributed by atoms with Gasteiger partial charge in [-0.2, -0.15) is 0 Å². The highest BCUT2D eigenvalue weighted by Gasteiger charge is 2.10. The summed E-state index contributed by atoms with van der Waals surface area (Å²) in [5.74, 6) is 0.191. The molecule has 0 spiro atoms. The maximum atomic E-state index is 12.1. The Morgan fingerprint density at radius 1 is 1.05 bits per heavy atom. The average Bonchev–Trinajstić information content (AvgIpc) is 2.47. The highest BCUT2D eigenvalue weighted by atomic mass is 35.5. The molecule has 0 atom stereocenters. The summed E-state index contributed by atoms with van der Waals surface area (Å²) < 4.78 is 0. The molecule has 0 unspecified atom stereocenters. The first kappa shape index (κ1) is 15.2. The number of carbonyl (C=O) groups is 1. The second kappa shape index (κ2) is 6.98. The van der Waals surface area contributed by atoms with Crippen molar-refractivity contribution in [1.82, 2.24) is 5.32 Å². The molecular weight excluding hydrogens is 317 g/mol. The quantitative estimate of drug-likeness (QED) is 0.812. The summed E-state index contributed by atoms with van der Waals surface area (Å²) in [5, 5.41) is 3.66. The van der Waals surface area contributed by atoms with Crippen LogP contribution in [0.5, 0.6) is 0 Å². The summed E-state index contributed by atoms with van der Waals surface area (Å²) >= 11 is 17.6. The van der Waals surface area contributed by atoms with E-state index in [0.29, 0.717) is 28.0 Å². The average molecular weight is 329 g/mol. The molecule has 5 heteroatoms. The van der Waals surface area contributed by atoms with Crippen molar-refractivity contribution >= 4 is 40.7 Å². The van der Waals surface area contributed by atoms with E-state index in [1.807, 2.05) is 24.3 Å². The summed E-state index contributed by atoms with van der Waals surface area (Å²) in [6.45, 7) is 0.409. The Morgan fingerprint density at radius 3 is 2.55 bits per heavy atom. The summed E-state index contributed by atoms with van der Waals surface area (Å²) in [4.78, 5) is 12.1. The molecule has 1 N–H and O–H groups in total. The van der Waals surface area contributed by atoms with Crippen molar-refractivity contribution < 1.29 is 4.79 Å². The first-order valence-corrected chi connectivity index (χ1v) is 7.26. The van der Waals surface area contributed by atoms with E-state index in [4.69, 9.17) is 34.8 Å². The van der Waals surface area contributed by atoms with Gasteiger partial charge in [0.05, 0.1) is 10.6 Å². The van der Waals surface area contributed by atoms with Crippen molar-refractivity contribution in [2.24, 2.45) is 0 Å². The van der Waals surface area contributed by atoms with E-state index < -0.39 is 0 Å². The normalized spacial score (nSPS) is 10.3. The molecule has 0 aliphatic rings. The number of hydrogen-bond donors (Lipinski definition) is 1. The van der Waals surface area contributed by atoms with Gasteiger partial charge in [-0.25, -0.2) is 0 Å². The minimum absolute atomic E-state index is 0.256. The summed E-state index contributed by atoms with van der Waals surface area (Å²) in [7, 11) is 0. The zero-order valence-corrected chi connectivity index (χ0v) is 12.8. The van der Waals surface area contributed by atoms with Crippen LogP contribution in [0.15, 0.2) is 42.5 Å². The number of benzene rings is 2. The second-order valence-electron chi connectivity index (χ2n) is 4.26. The first-order valence-electron chi connectivity index (χ1n) is 5.97. The lowest BCUT2D eigenvalue weighted by molar-refractivity contribution is 0.0951. The Hall–Kier alpha value is -1.22. The van der Waals surface area contributed by atoms with Crippen molar-refractivity contribution in [2.75, 3.05) is 0 Å². The van der Waals surface area contributed by atoms with Crippen LogP contribution in [0.4, 0.5) is 0 Å². The zero-order valence-electron chi connectivity index (χ0n) is 10.5.